The second-order valence-corrected chi connectivity index (χ2v) is 8.01. The average molecular weight is 377 g/mol. The lowest BCUT2D eigenvalue weighted by atomic mass is 9.99. The van der Waals surface area contributed by atoms with Crippen LogP contribution in [0.5, 0.6) is 0 Å². The normalized spacial score (nSPS) is 21.6. The third-order valence-corrected chi connectivity index (χ3v) is 5.71. The van der Waals surface area contributed by atoms with E-state index in [1.807, 2.05) is 6.92 Å². The zero-order valence-corrected chi connectivity index (χ0v) is 17.1. The van der Waals surface area contributed by atoms with E-state index in [0.717, 1.165) is 43.7 Å². The molecule has 0 saturated carbocycles. The average Bonchev–Trinajstić information content (AvgIpc) is 2.62. The van der Waals surface area contributed by atoms with E-state index < -0.39 is 0 Å². The van der Waals surface area contributed by atoms with Gasteiger partial charge in [0.2, 0.25) is 5.95 Å². The molecule has 0 radical (unpaired) electrons. The minimum Gasteiger partial charge on any atom is -0.363 e. The molecular weight excluding hydrogens is 344 g/mol. The van der Waals surface area contributed by atoms with E-state index in [1.54, 1.807) is 0 Å². The van der Waals surface area contributed by atoms with Crippen LogP contribution >= 0.6 is 12.2 Å². The van der Waals surface area contributed by atoms with Crippen LogP contribution < -0.4 is 20.4 Å². The van der Waals surface area contributed by atoms with Crippen LogP contribution in [0.15, 0.2) is 6.07 Å². The SMILES string of the molecule is CCNC(=S)Nc1nc(N2CCC(C)CC2)cc(N2CCCC[C@H]2C)n1. The molecule has 0 aliphatic carbocycles. The molecule has 3 heterocycles. The van der Waals surface area contributed by atoms with Gasteiger partial charge >= 0.3 is 0 Å². The predicted octanol–water partition coefficient (Wildman–Crippen LogP) is 3.40. The van der Waals surface area contributed by atoms with Crippen molar-refractivity contribution in [3.8, 4) is 0 Å². The van der Waals surface area contributed by atoms with Gasteiger partial charge in [0.25, 0.3) is 0 Å². The van der Waals surface area contributed by atoms with E-state index in [9.17, 15) is 0 Å². The van der Waals surface area contributed by atoms with Crippen molar-refractivity contribution in [2.45, 2.75) is 58.9 Å². The van der Waals surface area contributed by atoms with Gasteiger partial charge in [-0.15, -0.1) is 0 Å². The van der Waals surface area contributed by atoms with Crippen molar-refractivity contribution in [2.75, 3.05) is 41.3 Å². The molecule has 0 amide bonds. The first kappa shape index (κ1) is 19.1. The lowest BCUT2D eigenvalue weighted by molar-refractivity contribution is 0.436. The van der Waals surface area contributed by atoms with Crippen LogP contribution in [0, 0.1) is 5.92 Å². The summed E-state index contributed by atoms with van der Waals surface area (Å²) in [6, 6.07) is 2.68. The molecule has 26 heavy (non-hydrogen) atoms. The second-order valence-electron chi connectivity index (χ2n) is 7.60. The quantitative estimate of drug-likeness (QED) is 0.781. The van der Waals surface area contributed by atoms with Crippen molar-refractivity contribution < 1.29 is 0 Å². The van der Waals surface area contributed by atoms with Gasteiger partial charge in [-0.2, -0.15) is 9.97 Å². The number of anilines is 3. The number of nitrogens with one attached hydrogen (secondary N) is 2. The van der Waals surface area contributed by atoms with Crippen LogP contribution in [0.2, 0.25) is 0 Å². The first-order valence-corrected chi connectivity index (χ1v) is 10.4. The third-order valence-electron chi connectivity index (χ3n) is 5.47. The predicted molar refractivity (Wildman–Crippen MR) is 113 cm³/mol. The molecule has 2 aliphatic heterocycles. The van der Waals surface area contributed by atoms with Crippen LogP contribution in [0.4, 0.5) is 17.6 Å². The molecule has 1 aromatic rings. The largest absolute Gasteiger partial charge is 0.363 e. The van der Waals surface area contributed by atoms with Gasteiger partial charge in [-0.05, 0) is 64.1 Å². The standard InChI is InChI=1S/C19H32N6S/c1-4-20-19(26)23-18-21-16(24-11-8-14(2)9-12-24)13-17(22-18)25-10-6-5-7-15(25)3/h13-15H,4-12H2,1-3H3,(H2,20,21,22,23,26)/t15-/m1/s1. The number of nitrogens with zero attached hydrogens (tertiary/aromatic N) is 4. The molecule has 1 atom stereocenters. The van der Waals surface area contributed by atoms with Crippen LogP contribution in [0.3, 0.4) is 0 Å². The molecular formula is C19H32N6S. The Morgan fingerprint density at radius 3 is 2.54 bits per heavy atom. The number of hydrogen-bond donors (Lipinski definition) is 2. The van der Waals surface area contributed by atoms with Gasteiger partial charge < -0.3 is 20.4 Å². The Labute approximate surface area is 162 Å². The van der Waals surface area contributed by atoms with E-state index >= 15 is 0 Å². The molecule has 2 fully saturated rings. The lowest BCUT2D eigenvalue weighted by Crippen LogP contribution is -2.39. The Hall–Kier alpha value is -1.63. The van der Waals surface area contributed by atoms with Crippen molar-refractivity contribution in [1.82, 2.24) is 15.3 Å². The minimum atomic E-state index is 0.515. The molecule has 0 aromatic carbocycles. The molecule has 2 N–H and O–H groups in total. The Kier molecular flexibility index (Phi) is 6.51. The van der Waals surface area contributed by atoms with E-state index in [0.29, 0.717) is 17.1 Å². The highest BCUT2D eigenvalue weighted by molar-refractivity contribution is 7.80. The highest BCUT2D eigenvalue weighted by Crippen LogP contribution is 2.29. The molecule has 0 unspecified atom stereocenters. The Morgan fingerprint density at radius 2 is 1.85 bits per heavy atom. The molecule has 0 bridgehead atoms. The van der Waals surface area contributed by atoms with Crippen LogP contribution in [0.25, 0.3) is 0 Å². The molecule has 6 nitrogen and oxygen atoms in total. The van der Waals surface area contributed by atoms with Gasteiger partial charge in [0.05, 0.1) is 0 Å². The van der Waals surface area contributed by atoms with Gasteiger partial charge in [-0.1, -0.05) is 6.92 Å². The fourth-order valence-electron chi connectivity index (χ4n) is 3.77. The first-order chi connectivity index (χ1) is 12.6. The molecule has 2 aliphatic rings. The number of rotatable bonds is 4. The van der Waals surface area contributed by atoms with E-state index in [4.69, 9.17) is 22.2 Å². The summed E-state index contributed by atoms with van der Waals surface area (Å²) < 4.78 is 0. The van der Waals surface area contributed by atoms with Crippen LogP contribution in [0.1, 0.15) is 52.9 Å². The number of piperidine rings is 2. The molecule has 3 rings (SSSR count). The first-order valence-electron chi connectivity index (χ1n) is 10.0. The fraction of sp³-hybridized carbons (Fsp3) is 0.737. The molecule has 144 valence electrons. The van der Waals surface area contributed by atoms with E-state index in [2.05, 4.69) is 40.3 Å². The Bertz CT molecular complexity index is 614. The lowest BCUT2D eigenvalue weighted by Gasteiger charge is -2.36. The summed E-state index contributed by atoms with van der Waals surface area (Å²) >= 11 is 5.34. The zero-order chi connectivity index (χ0) is 18.5. The van der Waals surface area contributed by atoms with Gasteiger partial charge in [0, 0.05) is 38.3 Å². The minimum absolute atomic E-state index is 0.515. The summed E-state index contributed by atoms with van der Waals surface area (Å²) in [6.45, 7) is 10.6. The van der Waals surface area contributed by atoms with Gasteiger partial charge in [-0.3, -0.25) is 0 Å². The van der Waals surface area contributed by atoms with Crippen LogP contribution in [-0.2, 0) is 0 Å². The zero-order valence-electron chi connectivity index (χ0n) is 16.3. The molecule has 7 heteroatoms. The van der Waals surface area contributed by atoms with Crippen LogP contribution in [-0.4, -0.2) is 47.3 Å². The maximum absolute atomic E-state index is 5.34. The van der Waals surface area contributed by atoms with Crippen molar-refractivity contribution in [1.29, 1.82) is 0 Å². The van der Waals surface area contributed by atoms with Gasteiger partial charge in [-0.25, -0.2) is 0 Å². The number of hydrogen-bond acceptors (Lipinski definition) is 5. The summed E-state index contributed by atoms with van der Waals surface area (Å²) in [7, 11) is 0. The topological polar surface area (TPSA) is 56.3 Å². The summed E-state index contributed by atoms with van der Waals surface area (Å²) in [5.41, 5.74) is 0. The highest BCUT2D eigenvalue weighted by Gasteiger charge is 2.23. The summed E-state index contributed by atoms with van der Waals surface area (Å²) in [5.74, 6) is 3.43. The van der Waals surface area contributed by atoms with Gasteiger partial charge in [0.1, 0.15) is 11.6 Å². The maximum Gasteiger partial charge on any atom is 0.232 e. The van der Waals surface area contributed by atoms with Crippen molar-refractivity contribution in [3.63, 3.8) is 0 Å². The Balaban J connectivity index is 1.87. The highest BCUT2D eigenvalue weighted by atomic mass is 32.1. The van der Waals surface area contributed by atoms with E-state index in [1.165, 1.54) is 32.1 Å². The van der Waals surface area contributed by atoms with Crippen molar-refractivity contribution in [2.24, 2.45) is 5.92 Å². The Morgan fingerprint density at radius 1 is 1.12 bits per heavy atom. The van der Waals surface area contributed by atoms with E-state index in [-0.39, 0.29) is 0 Å². The smallest absolute Gasteiger partial charge is 0.232 e. The third kappa shape index (κ3) is 4.75. The summed E-state index contributed by atoms with van der Waals surface area (Å²) in [4.78, 5) is 14.4. The summed E-state index contributed by atoms with van der Waals surface area (Å²) in [6.07, 6.45) is 6.19. The fourth-order valence-corrected chi connectivity index (χ4v) is 4.01. The number of thiocarbonyl (C=S) groups is 1. The molecule has 2 saturated heterocycles. The van der Waals surface area contributed by atoms with Gasteiger partial charge in [0.15, 0.2) is 5.11 Å². The summed E-state index contributed by atoms with van der Waals surface area (Å²) in [5, 5.41) is 6.87. The van der Waals surface area contributed by atoms with Crippen molar-refractivity contribution >= 4 is 34.9 Å². The maximum atomic E-state index is 5.34. The number of aromatic nitrogens is 2. The monoisotopic (exact) mass is 376 g/mol. The molecule has 0 spiro atoms. The molecule has 1 aromatic heterocycles. The second kappa shape index (κ2) is 8.84. The van der Waals surface area contributed by atoms with Crippen molar-refractivity contribution in [3.05, 3.63) is 6.07 Å².